The van der Waals surface area contributed by atoms with E-state index in [1.165, 1.54) is 6.07 Å². The fraction of sp³-hybridized carbons (Fsp3) is 0.0667. The molecule has 2 aromatic heterocycles. The summed E-state index contributed by atoms with van der Waals surface area (Å²) in [7, 11) is 0. The second-order valence-corrected chi connectivity index (χ2v) is 5.26. The van der Waals surface area contributed by atoms with Crippen LogP contribution in [0.5, 0.6) is 11.6 Å². The van der Waals surface area contributed by atoms with E-state index in [2.05, 4.69) is 4.98 Å². The van der Waals surface area contributed by atoms with E-state index in [0.717, 1.165) is 15.6 Å². The first kappa shape index (κ1) is 12.6. The van der Waals surface area contributed by atoms with Gasteiger partial charge in [-0.25, -0.2) is 9.78 Å². The maximum absolute atomic E-state index is 11.3. The molecule has 0 unspecified atom stereocenters. The van der Waals surface area contributed by atoms with Crippen molar-refractivity contribution in [1.29, 1.82) is 0 Å². The summed E-state index contributed by atoms with van der Waals surface area (Å²) in [5, 5.41) is 12.1. The van der Waals surface area contributed by atoms with Crippen molar-refractivity contribution in [1.82, 2.24) is 4.98 Å². The summed E-state index contributed by atoms with van der Waals surface area (Å²) < 4.78 is 6.84. The number of hydrogen-bond donors (Lipinski definition) is 1. The molecule has 0 spiro atoms. The molecule has 0 aliphatic carbocycles. The van der Waals surface area contributed by atoms with Gasteiger partial charge in [0, 0.05) is 10.9 Å². The molecule has 1 N–H and O–H groups in total. The van der Waals surface area contributed by atoms with Gasteiger partial charge in [0.25, 0.3) is 0 Å². The fourth-order valence-corrected chi connectivity index (χ4v) is 2.78. The molecule has 0 fully saturated rings. The molecule has 0 saturated carbocycles. The Morgan fingerprint density at radius 2 is 2.15 bits per heavy atom. The zero-order valence-corrected chi connectivity index (χ0v) is 11.5. The normalized spacial score (nSPS) is 10.7. The number of benzene rings is 1. The molecular formula is C15H11NO3S. The molecule has 0 bridgehead atoms. The second kappa shape index (κ2) is 4.94. The lowest BCUT2D eigenvalue weighted by Gasteiger charge is -2.11. The van der Waals surface area contributed by atoms with Gasteiger partial charge in [-0.1, -0.05) is 12.1 Å². The molecule has 0 amide bonds. The second-order valence-electron chi connectivity index (χ2n) is 4.31. The maximum atomic E-state index is 11.3. The number of carboxylic acid groups (broad SMARTS) is 1. The number of aromatic nitrogens is 1. The van der Waals surface area contributed by atoms with Crippen LogP contribution in [-0.4, -0.2) is 16.1 Å². The number of carbonyl (C=O) groups is 1. The van der Waals surface area contributed by atoms with Gasteiger partial charge in [-0.2, -0.15) is 0 Å². The van der Waals surface area contributed by atoms with E-state index in [1.54, 1.807) is 23.6 Å². The third-order valence-electron chi connectivity index (χ3n) is 2.98. The quantitative estimate of drug-likeness (QED) is 0.787. The number of pyridine rings is 1. The molecule has 1 aromatic carbocycles. The summed E-state index contributed by atoms with van der Waals surface area (Å²) in [6.07, 6.45) is 1.66. The van der Waals surface area contributed by atoms with E-state index >= 15 is 0 Å². The zero-order chi connectivity index (χ0) is 14.1. The highest BCUT2D eigenvalue weighted by Crippen LogP contribution is 2.33. The Balaban J connectivity index is 2.12. The van der Waals surface area contributed by atoms with Crippen LogP contribution in [0.4, 0.5) is 0 Å². The molecule has 3 aromatic rings. The number of hydrogen-bond acceptors (Lipinski definition) is 4. The van der Waals surface area contributed by atoms with Crippen LogP contribution < -0.4 is 4.74 Å². The first-order chi connectivity index (χ1) is 9.66. The average molecular weight is 285 g/mol. The van der Waals surface area contributed by atoms with E-state index in [9.17, 15) is 9.90 Å². The van der Waals surface area contributed by atoms with Crippen LogP contribution in [-0.2, 0) is 0 Å². The number of rotatable bonds is 3. The molecule has 0 aliphatic rings. The summed E-state index contributed by atoms with van der Waals surface area (Å²) in [5.41, 5.74) is 0.901. The van der Waals surface area contributed by atoms with Gasteiger partial charge in [-0.3, -0.25) is 0 Å². The Bertz CT molecular complexity index is 795. The van der Waals surface area contributed by atoms with Crippen LogP contribution >= 0.6 is 11.3 Å². The molecule has 100 valence electrons. The highest BCUT2D eigenvalue weighted by molar-refractivity contribution is 7.17. The predicted molar refractivity (Wildman–Crippen MR) is 77.8 cm³/mol. The number of fused-ring (bicyclic) bond motifs is 1. The van der Waals surface area contributed by atoms with Crippen molar-refractivity contribution in [3.63, 3.8) is 0 Å². The van der Waals surface area contributed by atoms with Gasteiger partial charge in [-0.05, 0) is 36.1 Å². The Morgan fingerprint density at radius 1 is 1.30 bits per heavy atom. The zero-order valence-electron chi connectivity index (χ0n) is 10.7. The van der Waals surface area contributed by atoms with Crippen molar-refractivity contribution >= 4 is 27.4 Å². The fourth-order valence-electron chi connectivity index (χ4n) is 2.00. The van der Waals surface area contributed by atoms with Gasteiger partial charge in [-0.15, -0.1) is 11.3 Å². The molecule has 20 heavy (non-hydrogen) atoms. The van der Waals surface area contributed by atoms with Crippen molar-refractivity contribution in [2.24, 2.45) is 0 Å². The monoisotopic (exact) mass is 285 g/mol. The molecule has 0 radical (unpaired) electrons. The van der Waals surface area contributed by atoms with E-state index < -0.39 is 5.97 Å². The van der Waals surface area contributed by atoms with Gasteiger partial charge >= 0.3 is 5.97 Å². The first-order valence-corrected chi connectivity index (χ1v) is 6.88. The molecule has 0 aliphatic heterocycles. The molecule has 5 heteroatoms. The lowest BCUT2D eigenvalue weighted by atomic mass is 10.1. The lowest BCUT2D eigenvalue weighted by Crippen LogP contribution is -2.02. The van der Waals surface area contributed by atoms with Crippen molar-refractivity contribution < 1.29 is 14.6 Å². The van der Waals surface area contributed by atoms with Crippen molar-refractivity contribution in [2.45, 2.75) is 6.92 Å². The smallest absolute Gasteiger partial charge is 0.339 e. The van der Waals surface area contributed by atoms with Crippen LogP contribution in [0, 0.1) is 6.92 Å². The standard InChI is InChI=1S/C15H11NO3S/c1-9-3-2-4-11(15(17)18)13(9)19-14-10-6-8-20-12(10)5-7-16-14/h2-8H,1H3,(H,17,18). The number of carboxylic acids is 1. The maximum Gasteiger partial charge on any atom is 0.339 e. The van der Waals surface area contributed by atoms with E-state index in [0.29, 0.717) is 11.6 Å². The van der Waals surface area contributed by atoms with E-state index in [-0.39, 0.29) is 5.56 Å². The van der Waals surface area contributed by atoms with Gasteiger partial charge in [0.15, 0.2) is 0 Å². The first-order valence-electron chi connectivity index (χ1n) is 6.00. The number of nitrogens with zero attached hydrogens (tertiary/aromatic N) is 1. The van der Waals surface area contributed by atoms with Gasteiger partial charge < -0.3 is 9.84 Å². The summed E-state index contributed by atoms with van der Waals surface area (Å²) in [4.78, 5) is 15.5. The number of para-hydroxylation sites is 1. The summed E-state index contributed by atoms with van der Waals surface area (Å²) in [6.45, 7) is 1.82. The van der Waals surface area contributed by atoms with Gasteiger partial charge in [0.1, 0.15) is 11.3 Å². The summed E-state index contributed by atoms with van der Waals surface area (Å²) >= 11 is 1.59. The number of aromatic carboxylic acids is 1. The molecule has 4 nitrogen and oxygen atoms in total. The van der Waals surface area contributed by atoms with Crippen LogP contribution in [0.15, 0.2) is 41.9 Å². The highest BCUT2D eigenvalue weighted by Gasteiger charge is 2.16. The Morgan fingerprint density at radius 3 is 2.95 bits per heavy atom. The third kappa shape index (κ3) is 2.12. The van der Waals surface area contributed by atoms with Crippen molar-refractivity contribution in [3.05, 3.63) is 53.0 Å². The Labute approximate surface area is 119 Å². The average Bonchev–Trinajstić information content (AvgIpc) is 2.90. The molecule has 3 rings (SSSR count). The minimum Gasteiger partial charge on any atom is -0.478 e. The Kier molecular flexibility index (Phi) is 3.12. The molecule has 0 atom stereocenters. The minimum atomic E-state index is -1.01. The topological polar surface area (TPSA) is 59.4 Å². The minimum absolute atomic E-state index is 0.138. The molecular weight excluding hydrogens is 274 g/mol. The van der Waals surface area contributed by atoms with Gasteiger partial charge in [0.2, 0.25) is 5.88 Å². The van der Waals surface area contributed by atoms with Crippen LogP contribution in [0.1, 0.15) is 15.9 Å². The van der Waals surface area contributed by atoms with Gasteiger partial charge in [0.05, 0.1) is 5.39 Å². The summed E-state index contributed by atoms with van der Waals surface area (Å²) in [6, 6.07) is 8.86. The predicted octanol–water partition coefficient (Wildman–Crippen LogP) is 4.10. The van der Waals surface area contributed by atoms with Crippen LogP contribution in [0.3, 0.4) is 0 Å². The third-order valence-corrected chi connectivity index (χ3v) is 3.87. The Hall–Kier alpha value is -2.40. The SMILES string of the molecule is Cc1cccc(C(=O)O)c1Oc1nccc2sccc12. The number of thiophene rings is 1. The van der Waals surface area contributed by atoms with Crippen molar-refractivity contribution in [2.75, 3.05) is 0 Å². The van der Waals surface area contributed by atoms with E-state index in [1.807, 2.05) is 30.5 Å². The van der Waals surface area contributed by atoms with E-state index in [4.69, 9.17) is 4.74 Å². The van der Waals surface area contributed by atoms with Crippen LogP contribution in [0.2, 0.25) is 0 Å². The lowest BCUT2D eigenvalue weighted by molar-refractivity contribution is 0.0694. The largest absolute Gasteiger partial charge is 0.478 e. The van der Waals surface area contributed by atoms with Crippen LogP contribution in [0.25, 0.3) is 10.1 Å². The highest BCUT2D eigenvalue weighted by atomic mass is 32.1. The summed E-state index contributed by atoms with van der Waals surface area (Å²) in [5.74, 6) is -0.243. The molecule has 0 saturated heterocycles. The number of ether oxygens (including phenoxy) is 1. The van der Waals surface area contributed by atoms with Crippen molar-refractivity contribution in [3.8, 4) is 11.6 Å². The number of aryl methyl sites for hydroxylation is 1. The molecule has 2 heterocycles.